The summed E-state index contributed by atoms with van der Waals surface area (Å²) >= 11 is 0. The number of ether oxygens (including phenoxy) is 1. The normalized spacial score (nSPS) is 17.6. The molecule has 0 aliphatic carbocycles. The molecule has 0 saturated heterocycles. The molecular weight excluding hydrogens is 567 g/mol. The minimum Gasteiger partial charge on any atom is -0.716 e. The van der Waals surface area contributed by atoms with E-state index in [-0.39, 0.29) is 35.3 Å². The molecular formula is C36H51NaO5S. The molecule has 1 atom stereocenters. The Morgan fingerprint density at radius 1 is 0.791 bits per heavy atom. The standard InChI is InChI=1S/C36H52O5S.Na/c1-28(2)13-8-14-29(3)15-9-16-30(4)17-10-18-31(5)19-11-20-32(6)21-12-25-36(7)26-24-33-27-34(41-42(37,38)39)22-23-35(33)40-36;/h13,15,17,19,21-24,26-27H,8-12,14,16,18,20,25H2,1-7H3,(H,37,38,39);/q;+1/p-1/b29-15+,30-17+,31-19+,32-21+;. The molecule has 1 aliphatic rings. The van der Waals surface area contributed by atoms with Gasteiger partial charge >= 0.3 is 29.6 Å². The van der Waals surface area contributed by atoms with Crippen molar-refractivity contribution in [3.8, 4) is 11.5 Å². The molecule has 1 aliphatic heterocycles. The summed E-state index contributed by atoms with van der Waals surface area (Å²) in [7, 11) is -4.81. The molecule has 0 spiro atoms. The van der Waals surface area contributed by atoms with E-state index in [4.69, 9.17) is 4.74 Å². The Kier molecular flexibility index (Phi) is 17.8. The van der Waals surface area contributed by atoms with Crippen LogP contribution in [-0.4, -0.2) is 18.6 Å². The zero-order chi connectivity index (χ0) is 31.2. The van der Waals surface area contributed by atoms with E-state index in [0.29, 0.717) is 11.3 Å². The predicted molar refractivity (Wildman–Crippen MR) is 175 cm³/mol. The minimum atomic E-state index is -4.81. The first-order valence-corrected chi connectivity index (χ1v) is 16.5. The second-order valence-electron chi connectivity index (χ2n) is 12.1. The van der Waals surface area contributed by atoms with E-state index in [1.54, 1.807) is 6.07 Å². The summed E-state index contributed by atoms with van der Waals surface area (Å²) in [6.45, 7) is 15.3. The van der Waals surface area contributed by atoms with E-state index in [9.17, 15) is 13.0 Å². The largest absolute Gasteiger partial charge is 1.00 e. The zero-order valence-electron chi connectivity index (χ0n) is 27.8. The van der Waals surface area contributed by atoms with Crippen LogP contribution in [0, 0.1) is 0 Å². The second kappa shape index (κ2) is 19.5. The number of allylic oxidation sites excluding steroid dienone is 10. The van der Waals surface area contributed by atoms with Crippen molar-refractivity contribution >= 4 is 16.5 Å². The van der Waals surface area contributed by atoms with E-state index in [0.717, 1.165) is 64.2 Å². The van der Waals surface area contributed by atoms with Gasteiger partial charge < -0.3 is 13.5 Å². The van der Waals surface area contributed by atoms with Crippen molar-refractivity contribution in [1.29, 1.82) is 0 Å². The fraction of sp³-hybridized carbons (Fsp3) is 0.500. The predicted octanol–water partition coefficient (Wildman–Crippen LogP) is 7.35. The SMILES string of the molecule is CC(C)=CCC/C(C)=C/CC/C(C)=C/CC/C(C)=C/CC/C(C)=C/CCC1(C)C=Cc2cc(OS(=O)(=O)[O-])ccc2O1.[Na+]. The van der Waals surface area contributed by atoms with Gasteiger partial charge in [-0.15, -0.1) is 0 Å². The van der Waals surface area contributed by atoms with Crippen molar-refractivity contribution in [3.63, 3.8) is 0 Å². The van der Waals surface area contributed by atoms with Crippen molar-refractivity contribution in [3.05, 3.63) is 88.1 Å². The van der Waals surface area contributed by atoms with Gasteiger partial charge in [0, 0.05) is 5.56 Å². The van der Waals surface area contributed by atoms with Crippen LogP contribution in [0.2, 0.25) is 0 Å². The van der Waals surface area contributed by atoms with Crippen LogP contribution < -0.4 is 38.5 Å². The quantitative estimate of drug-likeness (QED) is 0.0790. The molecule has 0 radical (unpaired) electrons. The van der Waals surface area contributed by atoms with Crippen molar-refractivity contribution in [2.75, 3.05) is 0 Å². The third kappa shape index (κ3) is 17.3. The van der Waals surface area contributed by atoms with E-state index in [2.05, 4.69) is 76.1 Å². The summed E-state index contributed by atoms with van der Waals surface area (Å²) < 4.78 is 43.2. The molecule has 0 saturated carbocycles. The molecule has 0 N–H and O–H groups in total. The molecule has 2 rings (SSSR count). The maximum Gasteiger partial charge on any atom is 1.00 e. The fourth-order valence-electron chi connectivity index (χ4n) is 4.85. The molecule has 43 heavy (non-hydrogen) atoms. The van der Waals surface area contributed by atoms with Crippen LogP contribution in [0.25, 0.3) is 6.08 Å². The van der Waals surface area contributed by atoms with Gasteiger partial charge in [0.2, 0.25) is 0 Å². The Labute approximate surface area is 284 Å². The summed E-state index contributed by atoms with van der Waals surface area (Å²) in [6.07, 6.45) is 26.3. The fourth-order valence-corrected chi connectivity index (χ4v) is 5.19. The van der Waals surface area contributed by atoms with E-state index in [1.165, 1.54) is 40.0 Å². The summed E-state index contributed by atoms with van der Waals surface area (Å²) in [5.41, 5.74) is 7.43. The van der Waals surface area contributed by atoms with E-state index < -0.39 is 16.0 Å². The van der Waals surface area contributed by atoms with E-state index >= 15 is 0 Å². The topological polar surface area (TPSA) is 75.7 Å². The van der Waals surface area contributed by atoms with Gasteiger partial charge in [-0.3, -0.25) is 0 Å². The first-order chi connectivity index (χ1) is 19.7. The molecule has 1 unspecified atom stereocenters. The number of hydrogen-bond acceptors (Lipinski definition) is 5. The number of fused-ring (bicyclic) bond motifs is 1. The second-order valence-corrected chi connectivity index (χ2v) is 13.1. The molecule has 5 nitrogen and oxygen atoms in total. The summed E-state index contributed by atoms with van der Waals surface area (Å²) in [5, 5.41) is 0. The molecule has 7 heteroatoms. The van der Waals surface area contributed by atoms with Gasteiger partial charge in [-0.1, -0.05) is 64.3 Å². The first kappa shape index (κ1) is 39.2. The Morgan fingerprint density at radius 2 is 1.26 bits per heavy atom. The summed E-state index contributed by atoms with van der Waals surface area (Å²) in [6, 6.07) is 4.56. The summed E-state index contributed by atoms with van der Waals surface area (Å²) in [5.74, 6) is 0.620. The van der Waals surface area contributed by atoms with Crippen LogP contribution >= 0.6 is 0 Å². The Hall–Kier alpha value is -1.83. The van der Waals surface area contributed by atoms with Crippen LogP contribution in [0.5, 0.6) is 11.5 Å². The Morgan fingerprint density at radius 3 is 1.72 bits per heavy atom. The third-order valence-electron chi connectivity index (χ3n) is 7.46. The average molecular weight is 619 g/mol. The summed E-state index contributed by atoms with van der Waals surface area (Å²) in [4.78, 5) is 0. The molecule has 0 aromatic heterocycles. The smallest absolute Gasteiger partial charge is 0.716 e. The molecule has 232 valence electrons. The monoisotopic (exact) mass is 618 g/mol. The molecule has 1 aromatic carbocycles. The van der Waals surface area contributed by atoms with Crippen LogP contribution in [-0.2, 0) is 10.4 Å². The van der Waals surface area contributed by atoms with Gasteiger partial charge in [0.05, 0.1) is 0 Å². The Balaban J connectivity index is 0.00000924. The van der Waals surface area contributed by atoms with Crippen molar-refractivity contribution in [2.24, 2.45) is 0 Å². The maximum atomic E-state index is 10.8. The Bertz CT molecular complexity index is 1330. The van der Waals surface area contributed by atoms with Crippen molar-refractivity contribution < 1.29 is 51.4 Å². The van der Waals surface area contributed by atoms with Crippen LogP contribution in [0.15, 0.2) is 82.5 Å². The van der Waals surface area contributed by atoms with Crippen molar-refractivity contribution in [1.82, 2.24) is 0 Å². The van der Waals surface area contributed by atoms with Crippen LogP contribution in [0.4, 0.5) is 0 Å². The van der Waals surface area contributed by atoms with Crippen LogP contribution in [0.3, 0.4) is 0 Å². The molecule has 0 bridgehead atoms. The molecule has 1 heterocycles. The minimum absolute atomic E-state index is 0. The van der Waals surface area contributed by atoms with Crippen LogP contribution in [0.1, 0.15) is 118 Å². The molecule has 0 amide bonds. The first-order valence-electron chi connectivity index (χ1n) is 15.2. The van der Waals surface area contributed by atoms with Gasteiger partial charge in [-0.25, -0.2) is 8.42 Å². The van der Waals surface area contributed by atoms with Gasteiger partial charge in [0.15, 0.2) is 0 Å². The van der Waals surface area contributed by atoms with Gasteiger partial charge in [0.1, 0.15) is 17.1 Å². The molecule has 0 fully saturated rings. The number of rotatable bonds is 17. The van der Waals surface area contributed by atoms with Gasteiger partial charge in [-0.05, 0) is 137 Å². The van der Waals surface area contributed by atoms with E-state index in [1.807, 2.05) is 19.1 Å². The van der Waals surface area contributed by atoms with Gasteiger partial charge in [-0.2, -0.15) is 0 Å². The third-order valence-corrected chi connectivity index (χ3v) is 7.85. The number of benzene rings is 1. The molecule has 1 aromatic rings. The maximum absolute atomic E-state index is 10.8. The van der Waals surface area contributed by atoms with Gasteiger partial charge in [0.25, 0.3) is 10.4 Å². The van der Waals surface area contributed by atoms with Crippen molar-refractivity contribution in [2.45, 2.75) is 118 Å². The number of hydrogen-bond donors (Lipinski definition) is 0. The zero-order valence-corrected chi connectivity index (χ0v) is 30.6. The average Bonchev–Trinajstić information content (AvgIpc) is 2.87.